The fraction of sp³-hybridized carbons (Fsp3) is 0.545. The Kier molecular flexibility index (Phi) is 5.14. The van der Waals surface area contributed by atoms with E-state index in [1.54, 1.807) is 12.1 Å². The van der Waals surface area contributed by atoms with E-state index in [0.717, 1.165) is 0 Å². The van der Waals surface area contributed by atoms with Gasteiger partial charge >= 0.3 is 6.18 Å². The summed E-state index contributed by atoms with van der Waals surface area (Å²) in [5.41, 5.74) is 0. The van der Waals surface area contributed by atoms with Crippen molar-refractivity contribution in [1.29, 1.82) is 0 Å². The minimum Gasteiger partial charge on any atom is -0.298 e. The first-order chi connectivity index (χ1) is 7.88. The molecule has 6 heteroatoms. The highest BCUT2D eigenvalue weighted by molar-refractivity contribution is 7.12. The number of ketones is 1. The Morgan fingerprint density at radius 2 is 2.18 bits per heavy atom. The zero-order valence-electron chi connectivity index (χ0n) is 9.46. The van der Waals surface area contributed by atoms with E-state index in [4.69, 9.17) is 0 Å². The van der Waals surface area contributed by atoms with Gasteiger partial charge in [-0.2, -0.15) is 13.2 Å². The zero-order chi connectivity index (χ0) is 12.9. The molecule has 1 aromatic heterocycles. The summed E-state index contributed by atoms with van der Waals surface area (Å²) in [5.74, 6) is 0.000378. The molecule has 0 aromatic carbocycles. The Hall–Kier alpha value is -0.880. The van der Waals surface area contributed by atoms with E-state index >= 15 is 0 Å². The second-order valence-corrected chi connectivity index (χ2v) is 4.80. The van der Waals surface area contributed by atoms with Gasteiger partial charge in [0.1, 0.15) is 0 Å². The number of nitrogens with zero attached hydrogens (tertiary/aromatic N) is 1. The van der Waals surface area contributed by atoms with Crippen LogP contribution in [0.1, 0.15) is 22.5 Å². The van der Waals surface area contributed by atoms with Crippen molar-refractivity contribution in [3.05, 3.63) is 22.4 Å². The summed E-state index contributed by atoms with van der Waals surface area (Å²) < 4.78 is 36.0. The summed E-state index contributed by atoms with van der Waals surface area (Å²) >= 11 is 1.36. The molecular weight excluding hydrogens is 251 g/mol. The third kappa shape index (κ3) is 5.83. The van der Waals surface area contributed by atoms with Gasteiger partial charge in [-0.15, -0.1) is 11.3 Å². The Morgan fingerprint density at radius 1 is 1.47 bits per heavy atom. The van der Waals surface area contributed by atoms with E-state index in [1.165, 1.54) is 23.3 Å². The molecule has 0 saturated carbocycles. The molecule has 1 heterocycles. The molecule has 17 heavy (non-hydrogen) atoms. The molecule has 0 saturated heterocycles. The van der Waals surface area contributed by atoms with Crippen LogP contribution in [-0.2, 0) is 0 Å². The lowest BCUT2D eigenvalue weighted by molar-refractivity contribution is -0.143. The van der Waals surface area contributed by atoms with Crippen LogP contribution in [0.5, 0.6) is 0 Å². The van der Waals surface area contributed by atoms with Crippen LogP contribution in [0.2, 0.25) is 0 Å². The summed E-state index contributed by atoms with van der Waals surface area (Å²) in [6.07, 6.45) is -3.43. The van der Waals surface area contributed by atoms with E-state index in [1.807, 2.05) is 5.38 Å². The summed E-state index contributed by atoms with van der Waals surface area (Å²) in [6.45, 7) is -0.656. The quantitative estimate of drug-likeness (QED) is 0.736. The van der Waals surface area contributed by atoms with Crippen LogP contribution in [0.3, 0.4) is 0 Å². The number of carbonyl (C=O) groups is 1. The van der Waals surface area contributed by atoms with Crippen LogP contribution in [0, 0.1) is 0 Å². The Bertz CT molecular complexity index is 348. The van der Waals surface area contributed by atoms with Crippen molar-refractivity contribution >= 4 is 17.1 Å². The van der Waals surface area contributed by atoms with E-state index in [9.17, 15) is 18.0 Å². The molecule has 0 aliphatic heterocycles. The fourth-order valence-corrected chi connectivity index (χ4v) is 2.15. The van der Waals surface area contributed by atoms with Crippen LogP contribution in [0.4, 0.5) is 13.2 Å². The molecule has 1 aromatic rings. The third-order valence-corrected chi connectivity index (χ3v) is 3.10. The molecule has 96 valence electrons. The maximum Gasteiger partial charge on any atom is 0.401 e. The number of carbonyl (C=O) groups excluding carboxylic acids is 1. The van der Waals surface area contributed by atoms with Crippen LogP contribution in [0.25, 0.3) is 0 Å². The van der Waals surface area contributed by atoms with Gasteiger partial charge in [-0.3, -0.25) is 9.69 Å². The first-order valence-electron chi connectivity index (χ1n) is 5.20. The lowest BCUT2D eigenvalue weighted by Crippen LogP contribution is -2.31. The Balaban J connectivity index is 2.22. The van der Waals surface area contributed by atoms with Gasteiger partial charge in [-0.25, -0.2) is 0 Å². The van der Waals surface area contributed by atoms with E-state index in [-0.39, 0.29) is 12.3 Å². The predicted octanol–water partition coefficient (Wildman–Crippen LogP) is 3.21. The monoisotopic (exact) mass is 265 g/mol. The van der Waals surface area contributed by atoms with Gasteiger partial charge in [0.15, 0.2) is 5.78 Å². The molecule has 1 rings (SSSR count). The second kappa shape index (κ2) is 6.16. The number of halogens is 3. The summed E-state index contributed by atoms with van der Waals surface area (Å²) in [4.78, 5) is 13.4. The second-order valence-electron chi connectivity index (χ2n) is 3.86. The summed E-state index contributed by atoms with van der Waals surface area (Å²) in [7, 11) is 1.41. The zero-order valence-corrected chi connectivity index (χ0v) is 10.3. The van der Waals surface area contributed by atoms with Crippen molar-refractivity contribution in [3.63, 3.8) is 0 Å². The number of Topliss-reactive ketones (excluding diaryl/α,β-unsaturated/α-hetero) is 1. The molecule has 0 fully saturated rings. The topological polar surface area (TPSA) is 20.3 Å². The van der Waals surface area contributed by atoms with Crippen molar-refractivity contribution in [1.82, 2.24) is 4.90 Å². The van der Waals surface area contributed by atoms with Crippen LogP contribution < -0.4 is 0 Å². The van der Waals surface area contributed by atoms with Crippen molar-refractivity contribution in [2.75, 3.05) is 20.1 Å². The highest BCUT2D eigenvalue weighted by atomic mass is 32.1. The highest BCUT2D eigenvalue weighted by Crippen LogP contribution is 2.16. The summed E-state index contributed by atoms with van der Waals surface area (Å²) in [5, 5.41) is 1.81. The molecule has 0 aliphatic rings. The number of rotatable bonds is 6. The average molecular weight is 265 g/mol. The minimum absolute atomic E-state index is 0.000378. The molecule has 0 bridgehead atoms. The lowest BCUT2D eigenvalue weighted by Gasteiger charge is -2.17. The van der Waals surface area contributed by atoms with E-state index < -0.39 is 12.7 Å². The van der Waals surface area contributed by atoms with Gasteiger partial charge in [0.2, 0.25) is 0 Å². The molecule has 2 nitrogen and oxygen atoms in total. The predicted molar refractivity (Wildman–Crippen MR) is 61.4 cm³/mol. The molecule has 0 N–H and O–H groups in total. The van der Waals surface area contributed by atoms with Crippen molar-refractivity contribution in [2.45, 2.75) is 19.0 Å². The normalized spacial score (nSPS) is 12.1. The molecular formula is C11H14F3NOS. The van der Waals surface area contributed by atoms with E-state index in [2.05, 4.69) is 0 Å². The molecule has 0 radical (unpaired) electrons. The highest BCUT2D eigenvalue weighted by Gasteiger charge is 2.28. The fourth-order valence-electron chi connectivity index (χ4n) is 1.46. The third-order valence-electron chi connectivity index (χ3n) is 2.19. The number of hydrogen-bond acceptors (Lipinski definition) is 3. The van der Waals surface area contributed by atoms with Crippen LogP contribution in [-0.4, -0.2) is 37.0 Å². The largest absolute Gasteiger partial charge is 0.401 e. The van der Waals surface area contributed by atoms with Gasteiger partial charge < -0.3 is 0 Å². The number of hydrogen-bond donors (Lipinski definition) is 0. The number of thiophene rings is 1. The molecule has 0 unspecified atom stereocenters. The molecule has 0 amide bonds. The Labute approximate surface area is 102 Å². The van der Waals surface area contributed by atoms with E-state index in [0.29, 0.717) is 17.7 Å². The standard InChI is InChI=1S/C11H14F3NOS/c1-15(8-11(12,13)14)6-2-4-9(16)10-5-3-7-17-10/h3,5,7H,2,4,6,8H2,1H3. The van der Waals surface area contributed by atoms with Crippen molar-refractivity contribution in [2.24, 2.45) is 0 Å². The number of alkyl halides is 3. The molecule has 0 atom stereocenters. The maximum atomic E-state index is 12.0. The van der Waals surface area contributed by atoms with Gasteiger partial charge in [-0.05, 0) is 31.5 Å². The molecule has 0 aliphatic carbocycles. The Morgan fingerprint density at radius 3 is 2.71 bits per heavy atom. The smallest absolute Gasteiger partial charge is 0.298 e. The minimum atomic E-state index is -4.17. The van der Waals surface area contributed by atoms with Gasteiger partial charge in [-0.1, -0.05) is 6.07 Å². The van der Waals surface area contributed by atoms with Crippen molar-refractivity contribution < 1.29 is 18.0 Å². The maximum absolute atomic E-state index is 12.0. The SMILES string of the molecule is CN(CCCC(=O)c1cccs1)CC(F)(F)F. The van der Waals surface area contributed by atoms with Crippen LogP contribution in [0.15, 0.2) is 17.5 Å². The lowest BCUT2D eigenvalue weighted by atomic mass is 10.2. The van der Waals surface area contributed by atoms with Gasteiger partial charge in [0, 0.05) is 6.42 Å². The first kappa shape index (κ1) is 14.2. The summed E-state index contributed by atoms with van der Waals surface area (Å²) in [6, 6.07) is 3.51. The first-order valence-corrected chi connectivity index (χ1v) is 6.08. The van der Waals surface area contributed by atoms with Crippen LogP contribution >= 0.6 is 11.3 Å². The van der Waals surface area contributed by atoms with Crippen molar-refractivity contribution in [3.8, 4) is 0 Å². The van der Waals surface area contributed by atoms with Gasteiger partial charge in [0.05, 0.1) is 11.4 Å². The molecule has 0 spiro atoms. The average Bonchev–Trinajstić information content (AvgIpc) is 2.66. The van der Waals surface area contributed by atoms with Gasteiger partial charge in [0.25, 0.3) is 0 Å².